The minimum atomic E-state index is -0.0958. The molecule has 1 aromatic carbocycles. The van der Waals surface area contributed by atoms with Crippen molar-refractivity contribution in [2.75, 3.05) is 26.0 Å². The maximum atomic E-state index is 12.4. The summed E-state index contributed by atoms with van der Waals surface area (Å²) in [7, 11) is 4.12. The molecule has 2 aliphatic rings. The maximum absolute atomic E-state index is 12.4. The molecule has 0 saturated heterocycles. The molecular weight excluding hydrogens is 310 g/mol. The van der Waals surface area contributed by atoms with Crippen molar-refractivity contribution in [3.05, 3.63) is 23.8 Å². The van der Waals surface area contributed by atoms with E-state index in [1.807, 2.05) is 19.1 Å². The zero-order valence-corrected chi connectivity index (χ0v) is 14.6. The van der Waals surface area contributed by atoms with Crippen LogP contribution in [0.4, 0.5) is 5.69 Å². The van der Waals surface area contributed by atoms with E-state index >= 15 is 0 Å². The molecule has 6 heteroatoms. The lowest BCUT2D eigenvalue weighted by Gasteiger charge is -2.25. The third-order valence-corrected chi connectivity index (χ3v) is 5.65. The molecule has 2 atom stereocenters. The predicted octanol–water partition coefficient (Wildman–Crippen LogP) is 2.19. The molecule has 2 N–H and O–H groups in total. The summed E-state index contributed by atoms with van der Waals surface area (Å²) in [6, 6.07) is 5.90. The molecule has 1 aromatic rings. The summed E-state index contributed by atoms with van der Waals surface area (Å²) in [6.45, 7) is 2.54. The third-order valence-electron chi connectivity index (χ3n) is 4.47. The van der Waals surface area contributed by atoms with Crippen LogP contribution in [0.1, 0.15) is 30.1 Å². The van der Waals surface area contributed by atoms with Crippen molar-refractivity contribution in [3.8, 4) is 0 Å². The summed E-state index contributed by atoms with van der Waals surface area (Å²) in [5.74, 6) is 0.602. The van der Waals surface area contributed by atoms with Gasteiger partial charge in [-0.15, -0.1) is 11.8 Å². The van der Waals surface area contributed by atoms with Gasteiger partial charge in [-0.05, 0) is 58.0 Å². The van der Waals surface area contributed by atoms with Gasteiger partial charge in [-0.3, -0.25) is 9.59 Å². The summed E-state index contributed by atoms with van der Waals surface area (Å²) in [4.78, 5) is 27.4. The van der Waals surface area contributed by atoms with E-state index in [1.54, 1.807) is 6.07 Å². The molecule has 1 fully saturated rings. The van der Waals surface area contributed by atoms with Gasteiger partial charge in [-0.2, -0.15) is 0 Å². The SMILES string of the molecule is C[C@@H]1Sc2ccc(C(=O)NC[C@@H](C3CC3)N(C)C)cc2NC1=O. The molecule has 1 aliphatic carbocycles. The Morgan fingerprint density at radius 2 is 2.17 bits per heavy atom. The Morgan fingerprint density at radius 1 is 1.43 bits per heavy atom. The van der Waals surface area contributed by atoms with Crippen molar-refractivity contribution in [1.29, 1.82) is 0 Å². The molecule has 1 aliphatic heterocycles. The van der Waals surface area contributed by atoms with Crippen molar-refractivity contribution >= 4 is 29.3 Å². The highest BCUT2D eigenvalue weighted by Crippen LogP contribution is 2.36. The van der Waals surface area contributed by atoms with Gasteiger partial charge >= 0.3 is 0 Å². The van der Waals surface area contributed by atoms with Crippen LogP contribution in [-0.2, 0) is 4.79 Å². The van der Waals surface area contributed by atoms with Crippen LogP contribution in [0.5, 0.6) is 0 Å². The number of thioether (sulfide) groups is 1. The molecule has 1 saturated carbocycles. The second kappa shape index (κ2) is 6.53. The van der Waals surface area contributed by atoms with Gasteiger partial charge in [0.05, 0.1) is 10.9 Å². The van der Waals surface area contributed by atoms with E-state index in [0.717, 1.165) is 10.6 Å². The summed E-state index contributed by atoms with van der Waals surface area (Å²) in [5.41, 5.74) is 1.32. The first-order valence-electron chi connectivity index (χ1n) is 8.02. The Hall–Kier alpha value is -1.53. The van der Waals surface area contributed by atoms with Crippen molar-refractivity contribution < 1.29 is 9.59 Å². The van der Waals surface area contributed by atoms with E-state index in [1.165, 1.54) is 24.6 Å². The van der Waals surface area contributed by atoms with Crippen molar-refractivity contribution in [2.45, 2.75) is 36.0 Å². The van der Waals surface area contributed by atoms with Gasteiger partial charge in [0.2, 0.25) is 5.91 Å². The topological polar surface area (TPSA) is 61.4 Å². The van der Waals surface area contributed by atoms with E-state index < -0.39 is 0 Å². The minimum Gasteiger partial charge on any atom is -0.350 e. The number of carbonyl (C=O) groups excluding carboxylic acids is 2. The Morgan fingerprint density at radius 3 is 2.83 bits per heavy atom. The van der Waals surface area contributed by atoms with Crippen LogP contribution in [0.2, 0.25) is 0 Å². The normalized spacial score (nSPS) is 21.6. The third kappa shape index (κ3) is 3.70. The van der Waals surface area contributed by atoms with Crippen LogP contribution in [0.15, 0.2) is 23.1 Å². The molecule has 3 rings (SSSR count). The lowest BCUT2D eigenvalue weighted by atomic mass is 10.1. The van der Waals surface area contributed by atoms with Gasteiger partial charge in [0.25, 0.3) is 5.91 Å². The lowest BCUT2D eigenvalue weighted by molar-refractivity contribution is -0.115. The van der Waals surface area contributed by atoms with Crippen molar-refractivity contribution in [3.63, 3.8) is 0 Å². The first kappa shape index (κ1) is 16.3. The molecule has 0 spiro atoms. The van der Waals surface area contributed by atoms with Gasteiger partial charge in [0, 0.05) is 23.0 Å². The van der Waals surface area contributed by atoms with E-state index in [2.05, 4.69) is 29.6 Å². The summed E-state index contributed by atoms with van der Waals surface area (Å²) in [6.07, 6.45) is 2.50. The summed E-state index contributed by atoms with van der Waals surface area (Å²) >= 11 is 1.52. The number of hydrogen-bond donors (Lipinski definition) is 2. The first-order valence-corrected chi connectivity index (χ1v) is 8.90. The lowest BCUT2D eigenvalue weighted by Crippen LogP contribution is -2.41. The fourth-order valence-corrected chi connectivity index (χ4v) is 3.83. The van der Waals surface area contributed by atoms with Crippen LogP contribution in [0, 0.1) is 5.92 Å². The number of likely N-dealkylation sites (N-methyl/N-ethyl adjacent to an activating group) is 1. The fourth-order valence-electron chi connectivity index (χ4n) is 2.90. The maximum Gasteiger partial charge on any atom is 0.251 e. The number of carbonyl (C=O) groups is 2. The smallest absolute Gasteiger partial charge is 0.251 e. The second-order valence-corrected chi connectivity index (χ2v) is 7.92. The largest absolute Gasteiger partial charge is 0.350 e. The Bertz CT molecular complexity index is 626. The standard InChI is InChI=1S/C17H23N3O2S/c1-10-16(21)19-13-8-12(6-7-15(13)23-10)17(22)18-9-14(20(2)3)11-4-5-11/h6-8,10-11,14H,4-5,9H2,1-3H3,(H,18,22)(H,19,21)/t10-,14-/m0/s1. The highest BCUT2D eigenvalue weighted by atomic mass is 32.2. The number of anilines is 1. The highest BCUT2D eigenvalue weighted by Gasteiger charge is 2.32. The molecule has 23 heavy (non-hydrogen) atoms. The van der Waals surface area contributed by atoms with Crippen LogP contribution < -0.4 is 10.6 Å². The van der Waals surface area contributed by atoms with Crippen molar-refractivity contribution in [2.24, 2.45) is 5.92 Å². The Labute approximate surface area is 141 Å². The van der Waals surface area contributed by atoms with Crippen molar-refractivity contribution in [1.82, 2.24) is 10.2 Å². The predicted molar refractivity (Wildman–Crippen MR) is 92.9 cm³/mol. The van der Waals surface area contributed by atoms with Gasteiger partial charge < -0.3 is 15.5 Å². The number of fused-ring (bicyclic) bond motifs is 1. The second-order valence-electron chi connectivity index (χ2n) is 6.54. The number of amides is 2. The number of benzene rings is 1. The van der Waals surface area contributed by atoms with E-state index in [4.69, 9.17) is 0 Å². The van der Waals surface area contributed by atoms with Crippen LogP contribution >= 0.6 is 11.8 Å². The quantitative estimate of drug-likeness (QED) is 0.867. The van der Waals surface area contributed by atoms with Crippen LogP contribution in [0.25, 0.3) is 0 Å². The minimum absolute atomic E-state index is 0.0125. The first-order chi connectivity index (χ1) is 11.0. The molecule has 2 amide bonds. The van der Waals surface area contributed by atoms with Crippen LogP contribution in [-0.4, -0.2) is 48.6 Å². The average molecular weight is 333 g/mol. The fraction of sp³-hybridized carbons (Fsp3) is 0.529. The van der Waals surface area contributed by atoms with E-state index in [-0.39, 0.29) is 17.1 Å². The monoisotopic (exact) mass is 333 g/mol. The van der Waals surface area contributed by atoms with Gasteiger partial charge in [-0.1, -0.05) is 0 Å². The van der Waals surface area contributed by atoms with E-state index in [0.29, 0.717) is 24.1 Å². The average Bonchev–Trinajstić information content (AvgIpc) is 3.32. The number of nitrogens with one attached hydrogen (secondary N) is 2. The molecule has 0 unspecified atom stereocenters. The highest BCUT2D eigenvalue weighted by molar-refractivity contribution is 8.00. The summed E-state index contributed by atoms with van der Waals surface area (Å²) in [5, 5.41) is 5.80. The molecule has 1 heterocycles. The Balaban J connectivity index is 1.66. The number of hydrogen-bond acceptors (Lipinski definition) is 4. The number of rotatable bonds is 5. The number of nitrogens with zero attached hydrogens (tertiary/aromatic N) is 1. The molecule has 0 bridgehead atoms. The molecular formula is C17H23N3O2S. The van der Waals surface area contributed by atoms with Gasteiger partial charge in [0.15, 0.2) is 0 Å². The molecule has 0 radical (unpaired) electrons. The van der Waals surface area contributed by atoms with Gasteiger partial charge in [0.1, 0.15) is 0 Å². The zero-order chi connectivity index (χ0) is 16.6. The van der Waals surface area contributed by atoms with Crippen LogP contribution in [0.3, 0.4) is 0 Å². The molecule has 0 aromatic heterocycles. The summed E-state index contributed by atoms with van der Waals surface area (Å²) < 4.78 is 0. The Kier molecular flexibility index (Phi) is 4.64. The molecule has 124 valence electrons. The van der Waals surface area contributed by atoms with E-state index in [9.17, 15) is 9.59 Å². The molecule has 5 nitrogen and oxygen atoms in total. The van der Waals surface area contributed by atoms with Gasteiger partial charge in [-0.25, -0.2) is 0 Å². The zero-order valence-electron chi connectivity index (χ0n) is 13.8.